The van der Waals surface area contributed by atoms with Crippen LogP contribution in [0.2, 0.25) is 0 Å². The monoisotopic (exact) mass is 444 g/mol. The van der Waals surface area contributed by atoms with Gasteiger partial charge in [-0.25, -0.2) is 0 Å². The molecule has 5 rings (SSSR count). The van der Waals surface area contributed by atoms with Crippen LogP contribution < -0.4 is 4.90 Å². The molecule has 1 aromatic rings. The fourth-order valence-electron chi connectivity index (χ4n) is 5.46. The number of aromatic nitrogens is 1. The molecule has 7 heteroatoms. The van der Waals surface area contributed by atoms with E-state index in [1.807, 2.05) is 24.8 Å². The van der Waals surface area contributed by atoms with Gasteiger partial charge in [-0.2, -0.15) is 5.26 Å². The highest BCUT2D eigenvalue weighted by atomic mass is 79.9. The summed E-state index contributed by atoms with van der Waals surface area (Å²) in [4.78, 5) is 21.9. The van der Waals surface area contributed by atoms with Gasteiger partial charge < -0.3 is 10.0 Å². The first-order chi connectivity index (χ1) is 13.2. The number of carbonyl (C=O) groups excluding carboxylic acids is 1. The van der Waals surface area contributed by atoms with E-state index in [2.05, 4.69) is 31.9 Å². The highest BCUT2D eigenvalue weighted by Gasteiger charge is 2.61. The van der Waals surface area contributed by atoms with Gasteiger partial charge in [-0.05, 0) is 55.1 Å². The number of carbonyl (C=O) groups is 1. The van der Waals surface area contributed by atoms with E-state index >= 15 is 0 Å². The van der Waals surface area contributed by atoms with Gasteiger partial charge >= 0.3 is 0 Å². The average Bonchev–Trinajstić information content (AvgIpc) is 3.36. The van der Waals surface area contributed by atoms with Crippen LogP contribution in [0.5, 0.6) is 0 Å². The second-order valence-corrected chi connectivity index (χ2v) is 10.5. The van der Waals surface area contributed by atoms with E-state index in [0.717, 1.165) is 48.2 Å². The lowest BCUT2D eigenvalue weighted by molar-refractivity contribution is -0.123. The van der Waals surface area contributed by atoms with Crippen LogP contribution in [-0.4, -0.2) is 51.7 Å². The van der Waals surface area contributed by atoms with E-state index in [1.54, 1.807) is 6.20 Å². The third-order valence-electron chi connectivity index (χ3n) is 7.54. The van der Waals surface area contributed by atoms with E-state index in [-0.39, 0.29) is 23.5 Å². The van der Waals surface area contributed by atoms with Crippen molar-refractivity contribution in [2.45, 2.75) is 69.1 Å². The summed E-state index contributed by atoms with van der Waals surface area (Å²) in [6.45, 7) is 5.41. The maximum absolute atomic E-state index is 13.2. The summed E-state index contributed by atoms with van der Waals surface area (Å²) in [5, 5.41) is 20.4. The van der Waals surface area contributed by atoms with Crippen molar-refractivity contribution in [1.82, 2.24) is 9.88 Å². The van der Waals surface area contributed by atoms with Crippen LogP contribution in [0.1, 0.15) is 51.6 Å². The van der Waals surface area contributed by atoms with Gasteiger partial charge in [0.05, 0.1) is 29.0 Å². The fraction of sp³-hybridized carbons (Fsp3) is 0.667. The third-order valence-corrected chi connectivity index (χ3v) is 7.98. The number of rotatable bonds is 2. The minimum atomic E-state index is -0.645. The molecule has 1 atom stereocenters. The van der Waals surface area contributed by atoms with E-state index in [1.165, 1.54) is 0 Å². The normalized spacial score (nSPS) is 35.4. The van der Waals surface area contributed by atoms with Crippen LogP contribution >= 0.6 is 15.9 Å². The van der Waals surface area contributed by atoms with Crippen molar-refractivity contribution < 1.29 is 9.90 Å². The number of piperidine rings is 1. The van der Waals surface area contributed by atoms with E-state index in [4.69, 9.17) is 0 Å². The molecule has 2 aliphatic carbocycles. The summed E-state index contributed by atoms with van der Waals surface area (Å²) >= 11 is 3.48. The molecular formula is C21H25BrN4O2. The van der Waals surface area contributed by atoms with Gasteiger partial charge in [0.25, 0.3) is 0 Å². The van der Waals surface area contributed by atoms with Crippen molar-refractivity contribution in [2.75, 3.05) is 18.0 Å². The molecule has 1 spiro atoms. The number of aliphatic hydroxyl groups is 1. The van der Waals surface area contributed by atoms with Crippen LogP contribution in [0.15, 0.2) is 16.7 Å². The van der Waals surface area contributed by atoms with Crippen molar-refractivity contribution in [3.8, 4) is 6.07 Å². The molecule has 0 radical (unpaired) electrons. The predicted molar refractivity (Wildman–Crippen MR) is 108 cm³/mol. The van der Waals surface area contributed by atoms with Crippen molar-refractivity contribution >= 4 is 27.5 Å². The summed E-state index contributed by atoms with van der Waals surface area (Å²) in [6, 6.07) is 4.56. The van der Waals surface area contributed by atoms with Crippen LogP contribution in [0.3, 0.4) is 0 Å². The highest BCUT2D eigenvalue weighted by molar-refractivity contribution is 9.10. The SMILES string of the molecule is CC1(C)C(=O)N(C2CC(C#N)(N3CCC(O)C4(CC4)C3)C2)c2cc(Br)cnc21. The molecule has 28 heavy (non-hydrogen) atoms. The Labute approximate surface area is 173 Å². The molecule has 0 aromatic carbocycles. The molecule has 148 valence electrons. The maximum atomic E-state index is 13.2. The molecule has 2 aliphatic heterocycles. The summed E-state index contributed by atoms with van der Waals surface area (Å²) in [6.07, 6.45) is 5.68. The largest absolute Gasteiger partial charge is 0.392 e. The predicted octanol–water partition coefficient (Wildman–Crippen LogP) is 2.74. The first kappa shape index (κ1) is 18.5. The van der Waals surface area contributed by atoms with Crippen LogP contribution in [0, 0.1) is 16.7 Å². The standard InChI is InChI=1S/C21H25BrN4O2/c1-19(2)17-15(7-13(22)10-24-17)26(18(19)28)14-8-21(9-14,11-23)25-6-3-16(27)20(12-25)4-5-20/h7,10,14,16,27H,3-6,8-9,12H2,1-2H3. The second-order valence-electron chi connectivity index (χ2n) is 9.62. The first-order valence-electron chi connectivity index (χ1n) is 10.1. The van der Waals surface area contributed by atoms with Crippen molar-refractivity contribution in [1.29, 1.82) is 5.26 Å². The Morgan fingerprint density at radius 1 is 1.36 bits per heavy atom. The number of likely N-dealkylation sites (tertiary alicyclic amines) is 1. The van der Waals surface area contributed by atoms with Crippen LogP contribution in [-0.2, 0) is 10.2 Å². The summed E-state index contributed by atoms with van der Waals surface area (Å²) in [5.41, 5.74) is 0.531. The Kier molecular flexibility index (Phi) is 3.82. The minimum Gasteiger partial charge on any atom is -0.392 e. The molecule has 3 heterocycles. The van der Waals surface area contributed by atoms with E-state index in [0.29, 0.717) is 12.8 Å². The number of hydrogen-bond acceptors (Lipinski definition) is 5. The number of anilines is 1. The summed E-state index contributed by atoms with van der Waals surface area (Å²) in [7, 11) is 0. The van der Waals surface area contributed by atoms with Crippen molar-refractivity contribution in [3.05, 3.63) is 22.4 Å². The lowest BCUT2D eigenvalue weighted by Crippen LogP contribution is -2.66. The second kappa shape index (κ2) is 5.78. The Bertz CT molecular complexity index is 898. The van der Waals surface area contributed by atoms with E-state index < -0.39 is 11.0 Å². The highest BCUT2D eigenvalue weighted by Crippen LogP contribution is 2.56. The molecule has 1 unspecified atom stereocenters. The topological polar surface area (TPSA) is 80.5 Å². The molecule has 1 amide bonds. The third kappa shape index (κ3) is 2.38. The number of pyridine rings is 1. The molecule has 1 aromatic heterocycles. The zero-order chi connectivity index (χ0) is 19.9. The molecule has 1 N–H and O–H groups in total. The molecule has 3 fully saturated rings. The quantitative estimate of drug-likeness (QED) is 0.758. The van der Waals surface area contributed by atoms with Gasteiger partial charge in [-0.15, -0.1) is 0 Å². The van der Waals surface area contributed by atoms with Gasteiger partial charge in [0, 0.05) is 48.1 Å². The number of amides is 1. The Morgan fingerprint density at radius 2 is 2.07 bits per heavy atom. The Balaban J connectivity index is 1.40. The molecule has 1 saturated heterocycles. The smallest absolute Gasteiger partial charge is 0.239 e. The molecule has 0 bridgehead atoms. The summed E-state index contributed by atoms with van der Waals surface area (Å²) < 4.78 is 0.855. The van der Waals surface area contributed by atoms with Gasteiger partial charge in [0.15, 0.2) is 0 Å². The van der Waals surface area contributed by atoms with Gasteiger partial charge in [-0.3, -0.25) is 14.7 Å². The van der Waals surface area contributed by atoms with Crippen molar-refractivity contribution in [3.63, 3.8) is 0 Å². The minimum absolute atomic E-state index is 0.0139. The molecule has 6 nitrogen and oxygen atoms in total. The van der Waals surface area contributed by atoms with Crippen LogP contribution in [0.25, 0.3) is 0 Å². The fourth-order valence-corrected chi connectivity index (χ4v) is 5.78. The van der Waals surface area contributed by atoms with Gasteiger partial charge in [-0.1, -0.05) is 0 Å². The number of aliphatic hydroxyl groups excluding tert-OH is 1. The maximum Gasteiger partial charge on any atom is 0.239 e. The van der Waals surface area contributed by atoms with Crippen LogP contribution in [0.4, 0.5) is 5.69 Å². The zero-order valence-corrected chi connectivity index (χ0v) is 17.9. The summed E-state index contributed by atoms with van der Waals surface area (Å²) in [5.74, 6) is 0.0670. The average molecular weight is 445 g/mol. The first-order valence-corrected chi connectivity index (χ1v) is 10.9. The molecule has 2 saturated carbocycles. The number of halogens is 1. The van der Waals surface area contributed by atoms with Crippen molar-refractivity contribution in [2.24, 2.45) is 5.41 Å². The lowest BCUT2D eigenvalue weighted by atomic mass is 9.70. The Hall–Kier alpha value is -1.49. The lowest BCUT2D eigenvalue weighted by Gasteiger charge is -2.55. The molecular weight excluding hydrogens is 420 g/mol. The zero-order valence-electron chi connectivity index (χ0n) is 16.3. The number of hydrogen-bond donors (Lipinski definition) is 1. The van der Waals surface area contributed by atoms with E-state index in [9.17, 15) is 15.2 Å². The number of nitrogens with zero attached hydrogens (tertiary/aromatic N) is 4. The molecule has 4 aliphatic rings. The number of fused-ring (bicyclic) bond motifs is 1. The number of nitriles is 1. The van der Waals surface area contributed by atoms with Gasteiger partial charge in [0.1, 0.15) is 5.54 Å². The Morgan fingerprint density at radius 3 is 2.71 bits per heavy atom. The van der Waals surface area contributed by atoms with Gasteiger partial charge in [0.2, 0.25) is 5.91 Å².